The molecule has 92 valence electrons. The zero-order valence-corrected chi connectivity index (χ0v) is 10.7. The molecule has 0 unspecified atom stereocenters. The Balaban J connectivity index is 2.47. The molecule has 0 bridgehead atoms. The van der Waals surface area contributed by atoms with Crippen LogP contribution in [0.2, 0.25) is 0 Å². The van der Waals surface area contributed by atoms with Crippen molar-refractivity contribution in [2.45, 2.75) is 20.8 Å². The number of aldehydes is 1. The Bertz CT molecular complexity index is 603. The molecule has 1 N–H and O–H groups in total. The molecule has 0 atom stereocenters. The van der Waals surface area contributed by atoms with E-state index in [1.54, 1.807) is 13.1 Å². The second-order valence-corrected chi connectivity index (χ2v) is 4.57. The summed E-state index contributed by atoms with van der Waals surface area (Å²) >= 11 is 0. The minimum absolute atomic E-state index is 0.0765. The topological polar surface area (TPSA) is 49.9 Å². The van der Waals surface area contributed by atoms with Crippen molar-refractivity contribution in [1.82, 2.24) is 4.98 Å². The van der Waals surface area contributed by atoms with E-state index >= 15 is 0 Å². The molecule has 0 radical (unpaired) electrons. The summed E-state index contributed by atoms with van der Waals surface area (Å²) in [7, 11) is 0. The quantitative estimate of drug-likeness (QED) is 0.663. The molecule has 2 aromatic rings. The first kappa shape index (κ1) is 12.3. The van der Waals surface area contributed by atoms with E-state index in [1.807, 2.05) is 32.0 Å². The fraction of sp³-hybridized carbons (Fsp3) is 0.200. The van der Waals surface area contributed by atoms with Crippen LogP contribution in [0.4, 0.5) is 0 Å². The van der Waals surface area contributed by atoms with Crippen LogP contribution in [0.15, 0.2) is 24.4 Å². The van der Waals surface area contributed by atoms with Crippen LogP contribution >= 0.6 is 0 Å². The molecule has 3 heteroatoms. The van der Waals surface area contributed by atoms with Gasteiger partial charge in [0.2, 0.25) is 5.78 Å². The molecule has 1 heterocycles. The van der Waals surface area contributed by atoms with Crippen LogP contribution in [-0.2, 0) is 0 Å². The summed E-state index contributed by atoms with van der Waals surface area (Å²) in [5.41, 5.74) is 4.48. The normalized spacial score (nSPS) is 10.4. The van der Waals surface area contributed by atoms with E-state index in [1.165, 1.54) is 0 Å². The van der Waals surface area contributed by atoms with Gasteiger partial charge >= 0.3 is 0 Å². The van der Waals surface area contributed by atoms with Gasteiger partial charge < -0.3 is 4.98 Å². The van der Waals surface area contributed by atoms with Crippen molar-refractivity contribution < 1.29 is 9.59 Å². The van der Waals surface area contributed by atoms with Crippen LogP contribution < -0.4 is 0 Å². The van der Waals surface area contributed by atoms with Crippen LogP contribution in [0.5, 0.6) is 0 Å². The highest BCUT2D eigenvalue weighted by atomic mass is 16.1. The molecule has 0 aliphatic carbocycles. The van der Waals surface area contributed by atoms with Gasteiger partial charge in [-0.25, -0.2) is 0 Å². The number of hydrogen-bond donors (Lipinski definition) is 1. The summed E-state index contributed by atoms with van der Waals surface area (Å²) in [5, 5.41) is 0. The van der Waals surface area contributed by atoms with Gasteiger partial charge in [0.15, 0.2) is 6.29 Å². The van der Waals surface area contributed by atoms with E-state index < -0.39 is 0 Å². The lowest BCUT2D eigenvalue weighted by Crippen LogP contribution is -2.04. The number of benzene rings is 1. The van der Waals surface area contributed by atoms with Gasteiger partial charge in [0.1, 0.15) is 0 Å². The number of carbonyl (C=O) groups excluding carboxylic acids is 2. The van der Waals surface area contributed by atoms with Gasteiger partial charge in [-0.05, 0) is 38.5 Å². The number of carbonyl (C=O) groups is 2. The molecule has 1 aromatic carbocycles. The number of aryl methyl sites for hydroxylation is 2. The first-order valence-corrected chi connectivity index (χ1v) is 5.79. The van der Waals surface area contributed by atoms with Crippen LogP contribution in [0.25, 0.3) is 0 Å². The highest BCUT2D eigenvalue weighted by Gasteiger charge is 2.16. The maximum atomic E-state index is 12.4. The maximum absolute atomic E-state index is 12.4. The number of H-pyrrole nitrogens is 1. The van der Waals surface area contributed by atoms with Crippen molar-refractivity contribution in [3.8, 4) is 0 Å². The SMILES string of the molecule is Cc1cc(C)cc(C(=O)c2[nH]cc(C=O)c2C)c1. The monoisotopic (exact) mass is 241 g/mol. The number of hydrogen-bond acceptors (Lipinski definition) is 2. The second kappa shape index (κ2) is 4.61. The molecular weight excluding hydrogens is 226 g/mol. The Morgan fingerprint density at radius 2 is 1.72 bits per heavy atom. The van der Waals surface area contributed by atoms with E-state index in [9.17, 15) is 9.59 Å². The number of nitrogens with one attached hydrogen (secondary N) is 1. The van der Waals surface area contributed by atoms with E-state index in [0.717, 1.165) is 17.4 Å². The zero-order valence-electron chi connectivity index (χ0n) is 10.7. The van der Waals surface area contributed by atoms with Gasteiger partial charge in [0.25, 0.3) is 0 Å². The average molecular weight is 241 g/mol. The van der Waals surface area contributed by atoms with Gasteiger partial charge in [-0.15, -0.1) is 0 Å². The van der Waals surface area contributed by atoms with Crippen molar-refractivity contribution >= 4 is 12.1 Å². The molecule has 18 heavy (non-hydrogen) atoms. The van der Waals surface area contributed by atoms with Gasteiger partial charge in [-0.2, -0.15) is 0 Å². The molecule has 0 saturated carbocycles. The third-order valence-electron chi connectivity index (χ3n) is 3.02. The van der Waals surface area contributed by atoms with Gasteiger partial charge in [-0.3, -0.25) is 9.59 Å². The molecule has 3 nitrogen and oxygen atoms in total. The van der Waals surface area contributed by atoms with Crippen LogP contribution in [0.1, 0.15) is 43.1 Å². The summed E-state index contributed by atoms with van der Waals surface area (Å²) in [6, 6.07) is 5.74. The third kappa shape index (κ3) is 2.12. The summed E-state index contributed by atoms with van der Waals surface area (Å²) in [4.78, 5) is 26.0. The lowest BCUT2D eigenvalue weighted by molar-refractivity contribution is 0.103. The standard InChI is InChI=1S/C15H15NO2/c1-9-4-10(2)6-12(5-9)15(18)14-11(3)13(8-17)7-16-14/h4-8,16H,1-3H3. The van der Waals surface area contributed by atoms with E-state index in [0.29, 0.717) is 22.4 Å². The Kier molecular flexibility index (Phi) is 3.15. The summed E-state index contributed by atoms with van der Waals surface area (Å²) < 4.78 is 0. The van der Waals surface area contributed by atoms with Gasteiger partial charge in [-0.1, -0.05) is 17.2 Å². The largest absolute Gasteiger partial charge is 0.358 e. The smallest absolute Gasteiger partial charge is 0.209 e. The lowest BCUT2D eigenvalue weighted by Gasteiger charge is -2.04. The first-order valence-electron chi connectivity index (χ1n) is 5.79. The number of ketones is 1. The minimum Gasteiger partial charge on any atom is -0.358 e. The predicted octanol–water partition coefficient (Wildman–Crippen LogP) is 2.98. The maximum Gasteiger partial charge on any atom is 0.209 e. The molecule has 0 saturated heterocycles. The molecule has 0 aliphatic heterocycles. The fourth-order valence-corrected chi connectivity index (χ4v) is 2.12. The van der Waals surface area contributed by atoms with Gasteiger partial charge in [0.05, 0.1) is 5.69 Å². The molecule has 0 aliphatic rings. The number of aromatic amines is 1. The zero-order chi connectivity index (χ0) is 13.3. The molecule has 0 fully saturated rings. The molecule has 2 rings (SSSR count). The first-order chi connectivity index (χ1) is 8.52. The Labute approximate surface area is 106 Å². The Hall–Kier alpha value is -2.16. The molecule has 0 amide bonds. The van der Waals surface area contributed by atoms with Crippen molar-refractivity contribution in [3.05, 3.63) is 57.9 Å². The van der Waals surface area contributed by atoms with Crippen molar-refractivity contribution in [1.29, 1.82) is 0 Å². The van der Waals surface area contributed by atoms with E-state index in [-0.39, 0.29) is 5.78 Å². The third-order valence-corrected chi connectivity index (χ3v) is 3.02. The highest BCUT2D eigenvalue weighted by molar-refractivity contribution is 6.09. The molecule has 0 spiro atoms. The van der Waals surface area contributed by atoms with Crippen molar-refractivity contribution in [3.63, 3.8) is 0 Å². The molecule has 1 aromatic heterocycles. The van der Waals surface area contributed by atoms with E-state index in [4.69, 9.17) is 0 Å². The van der Waals surface area contributed by atoms with Gasteiger partial charge in [0, 0.05) is 17.3 Å². The van der Waals surface area contributed by atoms with Crippen LogP contribution in [0, 0.1) is 20.8 Å². The number of aromatic nitrogens is 1. The Morgan fingerprint density at radius 3 is 2.22 bits per heavy atom. The van der Waals surface area contributed by atoms with E-state index in [2.05, 4.69) is 4.98 Å². The second-order valence-electron chi connectivity index (χ2n) is 4.57. The van der Waals surface area contributed by atoms with Crippen molar-refractivity contribution in [2.75, 3.05) is 0 Å². The predicted molar refractivity (Wildman–Crippen MR) is 70.3 cm³/mol. The fourth-order valence-electron chi connectivity index (χ4n) is 2.12. The highest BCUT2D eigenvalue weighted by Crippen LogP contribution is 2.17. The van der Waals surface area contributed by atoms with Crippen LogP contribution in [0.3, 0.4) is 0 Å². The Morgan fingerprint density at radius 1 is 1.11 bits per heavy atom. The average Bonchev–Trinajstić information content (AvgIpc) is 2.68. The van der Waals surface area contributed by atoms with Crippen molar-refractivity contribution in [2.24, 2.45) is 0 Å². The van der Waals surface area contributed by atoms with Crippen LogP contribution in [-0.4, -0.2) is 17.1 Å². The number of rotatable bonds is 3. The summed E-state index contributed by atoms with van der Waals surface area (Å²) in [6.45, 7) is 5.69. The lowest BCUT2D eigenvalue weighted by atomic mass is 10.0. The summed E-state index contributed by atoms with van der Waals surface area (Å²) in [5.74, 6) is -0.0765. The summed E-state index contributed by atoms with van der Waals surface area (Å²) in [6.07, 6.45) is 2.32. The minimum atomic E-state index is -0.0765. The molecular formula is C15H15NO2.